The number of hydrogen-bond acceptors (Lipinski definition) is 2. The molecule has 0 aliphatic carbocycles. The number of fused-ring (bicyclic) bond motifs is 1. The first-order valence-electron chi connectivity index (χ1n) is 7.53. The van der Waals surface area contributed by atoms with Crippen molar-refractivity contribution in [3.05, 3.63) is 54.0 Å². The number of nitrogens with one attached hydrogen (secondary N) is 1. The quantitative estimate of drug-likeness (QED) is 0.705. The van der Waals surface area contributed by atoms with E-state index in [-0.39, 0.29) is 0 Å². The molecule has 0 unspecified atom stereocenters. The predicted molar refractivity (Wildman–Crippen MR) is 86.2 cm³/mol. The van der Waals surface area contributed by atoms with Gasteiger partial charge in [0.2, 0.25) is 0 Å². The van der Waals surface area contributed by atoms with Crippen molar-refractivity contribution in [3.63, 3.8) is 0 Å². The Labute approximate surface area is 125 Å². The van der Waals surface area contributed by atoms with Crippen LogP contribution in [0.2, 0.25) is 0 Å². The number of nitrogens with zero attached hydrogens (tertiary/aromatic N) is 3. The summed E-state index contributed by atoms with van der Waals surface area (Å²) < 4.78 is 4.17. The van der Waals surface area contributed by atoms with E-state index in [9.17, 15) is 0 Å². The van der Waals surface area contributed by atoms with E-state index in [1.54, 1.807) is 0 Å². The molecule has 2 aromatic heterocycles. The van der Waals surface area contributed by atoms with E-state index in [0.29, 0.717) is 0 Å². The molecule has 3 aromatic rings. The lowest BCUT2D eigenvalue weighted by Crippen LogP contribution is -2.14. The third-order valence-electron chi connectivity index (χ3n) is 3.73. The second-order valence-electron chi connectivity index (χ2n) is 5.50. The molecule has 21 heavy (non-hydrogen) atoms. The van der Waals surface area contributed by atoms with Gasteiger partial charge in [-0.05, 0) is 30.0 Å². The topological polar surface area (TPSA) is 34.8 Å². The molecule has 0 saturated heterocycles. The number of rotatable bonds is 6. The van der Waals surface area contributed by atoms with E-state index < -0.39 is 0 Å². The molecule has 110 valence electrons. The van der Waals surface area contributed by atoms with Gasteiger partial charge in [0.05, 0.1) is 18.3 Å². The molecule has 4 heteroatoms. The normalized spacial score (nSPS) is 11.3. The van der Waals surface area contributed by atoms with Gasteiger partial charge in [-0.2, -0.15) is 5.10 Å². The van der Waals surface area contributed by atoms with Crippen LogP contribution in [0, 0.1) is 0 Å². The maximum absolute atomic E-state index is 4.25. The first-order chi connectivity index (χ1) is 10.3. The zero-order valence-electron chi connectivity index (χ0n) is 12.7. The molecule has 2 heterocycles. The maximum Gasteiger partial charge on any atom is 0.0539 e. The van der Waals surface area contributed by atoms with Crippen molar-refractivity contribution in [2.45, 2.75) is 26.4 Å². The zero-order valence-corrected chi connectivity index (χ0v) is 12.7. The SMILES string of the molecule is CCCNCc1cccc2ccn(Cc3cnn(C)c3)c12. The highest BCUT2D eigenvalue weighted by molar-refractivity contribution is 5.83. The first-order valence-corrected chi connectivity index (χ1v) is 7.53. The summed E-state index contributed by atoms with van der Waals surface area (Å²) in [6.45, 7) is 5.03. The first kappa shape index (κ1) is 13.9. The number of hydrogen-bond donors (Lipinski definition) is 1. The average molecular weight is 282 g/mol. The summed E-state index contributed by atoms with van der Waals surface area (Å²) in [4.78, 5) is 0. The molecular weight excluding hydrogens is 260 g/mol. The summed E-state index contributed by atoms with van der Waals surface area (Å²) in [5, 5.41) is 9.05. The van der Waals surface area contributed by atoms with Gasteiger partial charge in [0.15, 0.2) is 0 Å². The molecule has 0 bridgehead atoms. The van der Waals surface area contributed by atoms with Gasteiger partial charge in [0.25, 0.3) is 0 Å². The van der Waals surface area contributed by atoms with Crippen LogP contribution in [-0.4, -0.2) is 20.9 Å². The van der Waals surface area contributed by atoms with Gasteiger partial charge in [0, 0.05) is 31.5 Å². The highest BCUT2D eigenvalue weighted by atomic mass is 15.2. The van der Waals surface area contributed by atoms with Gasteiger partial charge in [0.1, 0.15) is 0 Å². The largest absolute Gasteiger partial charge is 0.343 e. The molecule has 3 rings (SSSR count). The van der Waals surface area contributed by atoms with Crippen molar-refractivity contribution in [1.82, 2.24) is 19.7 Å². The minimum absolute atomic E-state index is 0.863. The standard InChI is InChI=1S/C17H22N4/c1-3-8-18-11-16-6-4-5-15-7-9-21(17(15)16)13-14-10-19-20(2)12-14/h4-7,9-10,12,18H,3,8,11,13H2,1-2H3. The van der Waals surface area contributed by atoms with Gasteiger partial charge in [-0.1, -0.05) is 25.1 Å². The Hall–Kier alpha value is -2.07. The molecule has 0 radical (unpaired) electrons. The van der Waals surface area contributed by atoms with Gasteiger partial charge in [-0.25, -0.2) is 0 Å². The monoisotopic (exact) mass is 282 g/mol. The van der Waals surface area contributed by atoms with E-state index in [2.05, 4.69) is 58.6 Å². The molecule has 0 aliphatic heterocycles. The van der Waals surface area contributed by atoms with Crippen LogP contribution >= 0.6 is 0 Å². The van der Waals surface area contributed by atoms with Crippen LogP contribution in [0.15, 0.2) is 42.9 Å². The Morgan fingerprint density at radius 2 is 2.14 bits per heavy atom. The fraction of sp³-hybridized carbons (Fsp3) is 0.353. The molecule has 1 N–H and O–H groups in total. The molecular formula is C17H22N4. The summed E-state index contributed by atoms with van der Waals surface area (Å²) >= 11 is 0. The van der Waals surface area contributed by atoms with Crippen LogP contribution in [0.1, 0.15) is 24.5 Å². The second kappa shape index (κ2) is 6.14. The maximum atomic E-state index is 4.25. The van der Waals surface area contributed by atoms with Crippen molar-refractivity contribution in [1.29, 1.82) is 0 Å². The molecule has 0 spiro atoms. The number of aryl methyl sites for hydroxylation is 1. The molecule has 0 aliphatic rings. The lowest BCUT2D eigenvalue weighted by Gasteiger charge is -2.10. The van der Waals surface area contributed by atoms with Crippen molar-refractivity contribution < 1.29 is 0 Å². The Morgan fingerprint density at radius 3 is 2.90 bits per heavy atom. The minimum atomic E-state index is 0.863. The molecule has 1 aromatic carbocycles. The zero-order chi connectivity index (χ0) is 14.7. The van der Waals surface area contributed by atoms with Crippen LogP contribution < -0.4 is 5.32 Å². The second-order valence-corrected chi connectivity index (χ2v) is 5.50. The summed E-state index contributed by atoms with van der Waals surface area (Å²) in [5.74, 6) is 0. The van der Waals surface area contributed by atoms with Gasteiger partial charge in [-0.3, -0.25) is 4.68 Å². The Balaban J connectivity index is 1.91. The highest BCUT2D eigenvalue weighted by Gasteiger charge is 2.07. The molecule has 0 atom stereocenters. The van der Waals surface area contributed by atoms with Crippen molar-refractivity contribution >= 4 is 10.9 Å². The summed E-state index contributed by atoms with van der Waals surface area (Å²) in [6.07, 6.45) is 7.33. The van der Waals surface area contributed by atoms with Crippen LogP contribution in [0.5, 0.6) is 0 Å². The smallest absolute Gasteiger partial charge is 0.0539 e. The average Bonchev–Trinajstić information content (AvgIpc) is 3.07. The summed E-state index contributed by atoms with van der Waals surface area (Å²) in [7, 11) is 1.96. The van der Waals surface area contributed by atoms with E-state index in [1.807, 2.05) is 17.9 Å². The van der Waals surface area contributed by atoms with Crippen molar-refractivity contribution in [3.8, 4) is 0 Å². The lowest BCUT2D eigenvalue weighted by atomic mass is 10.1. The van der Waals surface area contributed by atoms with Crippen molar-refractivity contribution in [2.24, 2.45) is 7.05 Å². The van der Waals surface area contributed by atoms with E-state index in [1.165, 1.54) is 22.0 Å². The van der Waals surface area contributed by atoms with E-state index in [4.69, 9.17) is 0 Å². The predicted octanol–water partition coefficient (Wildman–Crippen LogP) is 2.92. The van der Waals surface area contributed by atoms with Crippen LogP contribution in [-0.2, 0) is 20.1 Å². The molecule has 0 amide bonds. The Kier molecular flexibility index (Phi) is 4.06. The fourth-order valence-corrected chi connectivity index (χ4v) is 2.77. The number of benzene rings is 1. The van der Waals surface area contributed by atoms with Gasteiger partial charge in [-0.15, -0.1) is 0 Å². The Morgan fingerprint density at radius 1 is 1.24 bits per heavy atom. The highest BCUT2D eigenvalue weighted by Crippen LogP contribution is 2.21. The third-order valence-corrected chi connectivity index (χ3v) is 3.73. The number of para-hydroxylation sites is 1. The van der Waals surface area contributed by atoms with E-state index in [0.717, 1.165) is 26.1 Å². The van der Waals surface area contributed by atoms with Crippen LogP contribution in [0.25, 0.3) is 10.9 Å². The fourth-order valence-electron chi connectivity index (χ4n) is 2.77. The van der Waals surface area contributed by atoms with Gasteiger partial charge >= 0.3 is 0 Å². The molecule has 0 fully saturated rings. The lowest BCUT2D eigenvalue weighted by molar-refractivity contribution is 0.675. The van der Waals surface area contributed by atoms with Crippen molar-refractivity contribution in [2.75, 3.05) is 6.54 Å². The van der Waals surface area contributed by atoms with Gasteiger partial charge < -0.3 is 9.88 Å². The molecule has 4 nitrogen and oxygen atoms in total. The van der Waals surface area contributed by atoms with Crippen LogP contribution in [0.4, 0.5) is 0 Å². The summed E-state index contributed by atoms with van der Waals surface area (Å²) in [5.41, 5.74) is 3.91. The Bertz CT molecular complexity index is 723. The van der Waals surface area contributed by atoms with E-state index >= 15 is 0 Å². The van der Waals surface area contributed by atoms with Crippen LogP contribution in [0.3, 0.4) is 0 Å². The minimum Gasteiger partial charge on any atom is -0.343 e. The molecule has 0 saturated carbocycles. The summed E-state index contributed by atoms with van der Waals surface area (Å²) in [6, 6.07) is 8.72. The number of aromatic nitrogens is 3. The third kappa shape index (κ3) is 3.00.